The molecular weight excluding hydrogens is 204 g/mol. The monoisotopic (exact) mass is 220 g/mol. The van der Waals surface area contributed by atoms with Crippen LogP contribution in [0.1, 0.15) is 18.9 Å². The number of hydrogen-bond donors (Lipinski definition) is 2. The molecule has 0 aliphatic carbocycles. The van der Waals surface area contributed by atoms with Gasteiger partial charge in [-0.1, -0.05) is 19.1 Å². The second-order valence-electron chi connectivity index (χ2n) is 3.90. The number of hydrogen-bond acceptors (Lipinski definition) is 3. The third-order valence-corrected chi connectivity index (χ3v) is 2.84. The van der Waals surface area contributed by atoms with Crippen molar-refractivity contribution >= 4 is 11.6 Å². The summed E-state index contributed by atoms with van der Waals surface area (Å²) < 4.78 is 0. The fourth-order valence-electron chi connectivity index (χ4n) is 1.83. The maximum atomic E-state index is 11.1. The Morgan fingerprint density at radius 3 is 2.69 bits per heavy atom. The highest BCUT2D eigenvalue weighted by Crippen LogP contribution is 2.19. The van der Waals surface area contributed by atoms with Crippen LogP contribution in [0.25, 0.3) is 0 Å². The van der Waals surface area contributed by atoms with Crippen molar-refractivity contribution in [3.05, 3.63) is 29.8 Å². The highest BCUT2D eigenvalue weighted by atomic mass is 16.3. The minimum Gasteiger partial charge on any atom is -0.356 e. The molecule has 4 nitrogen and oxygen atoms in total. The lowest BCUT2D eigenvalue weighted by molar-refractivity contribution is -0.125. The van der Waals surface area contributed by atoms with Crippen LogP contribution in [-0.4, -0.2) is 23.9 Å². The van der Waals surface area contributed by atoms with Crippen LogP contribution in [0.2, 0.25) is 0 Å². The van der Waals surface area contributed by atoms with E-state index in [0.717, 1.165) is 12.1 Å². The SMILES string of the molecule is CCc1ccc(N2CCC(=O)NC2O)cc1. The number of amides is 1. The Morgan fingerprint density at radius 1 is 1.44 bits per heavy atom. The van der Waals surface area contributed by atoms with E-state index in [1.165, 1.54) is 5.56 Å². The van der Waals surface area contributed by atoms with Crippen molar-refractivity contribution in [3.8, 4) is 0 Å². The molecule has 0 aromatic heterocycles. The molecule has 2 rings (SSSR count). The zero-order valence-electron chi connectivity index (χ0n) is 9.31. The normalized spacial score (nSPS) is 20.8. The fourth-order valence-corrected chi connectivity index (χ4v) is 1.83. The summed E-state index contributed by atoms with van der Waals surface area (Å²) in [6, 6.07) is 8.02. The number of carbonyl (C=O) groups is 1. The van der Waals surface area contributed by atoms with E-state index in [1.54, 1.807) is 4.90 Å². The summed E-state index contributed by atoms with van der Waals surface area (Å²) in [5.41, 5.74) is 2.20. The Labute approximate surface area is 94.9 Å². The van der Waals surface area contributed by atoms with Gasteiger partial charge in [-0.25, -0.2) is 0 Å². The van der Waals surface area contributed by atoms with Crippen LogP contribution < -0.4 is 10.2 Å². The summed E-state index contributed by atoms with van der Waals surface area (Å²) in [6.07, 6.45) is 0.514. The average Bonchev–Trinajstić information content (AvgIpc) is 2.29. The molecule has 0 radical (unpaired) electrons. The lowest BCUT2D eigenvalue weighted by Gasteiger charge is -2.34. The van der Waals surface area contributed by atoms with Crippen molar-refractivity contribution < 1.29 is 9.90 Å². The summed E-state index contributed by atoms with van der Waals surface area (Å²) in [5.74, 6) is -0.103. The van der Waals surface area contributed by atoms with Gasteiger partial charge in [-0.3, -0.25) is 4.79 Å². The first-order valence-electron chi connectivity index (χ1n) is 5.53. The number of nitrogens with zero attached hydrogens (tertiary/aromatic N) is 1. The summed E-state index contributed by atoms with van der Waals surface area (Å²) >= 11 is 0. The molecule has 1 aromatic carbocycles. The summed E-state index contributed by atoms with van der Waals surface area (Å²) in [4.78, 5) is 12.8. The van der Waals surface area contributed by atoms with Crippen LogP contribution >= 0.6 is 0 Å². The molecule has 1 aliphatic rings. The molecule has 1 aliphatic heterocycles. The minimum absolute atomic E-state index is 0.103. The lowest BCUT2D eigenvalue weighted by Crippen LogP contribution is -2.54. The molecule has 0 bridgehead atoms. The topological polar surface area (TPSA) is 52.6 Å². The number of aryl methyl sites for hydroxylation is 1. The van der Waals surface area contributed by atoms with Gasteiger partial charge in [0.2, 0.25) is 12.3 Å². The van der Waals surface area contributed by atoms with Crippen LogP contribution in [0.4, 0.5) is 5.69 Å². The van der Waals surface area contributed by atoms with Gasteiger partial charge in [0.25, 0.3) is 0 Å². The first kappa shape index (κ1) is 11.0. The highest BCUT2D eigenvalue weighted by Gasteiger charge is 2.23. The molecule has 1 atom stereocenters. The molecule has 1 aromatic rings. The quantitative estimate of drug-likeness (QED) is 0.777. The molecule has 1 unspecified atom stereocenters. The van der Waals surface area contributed by atoms with E-state index in [1.807, 2.05) is 24.3 Å². The van der Waals surface area contributed by atoms with Gasteiger partial charge in [0.1, 0.15) is 0 Å². The molecule has 16 heavy (non-hydrogen) atoms. The van der Waals surface area contributed by atoms with Crippen LogP contribution in [0.5, 0.6) is 0 Å². The van der Waals surface area contributed by atoms with Crippen molar-refractivity contribution in [1.82, 2.24) is 5.32 Å². The van der Waals surface area contributed by atoms with E-state index < -0.39 is 6.35 Å². The van der Waals surface area contributed by atoms with Gasteiger partial charge in [0.05, 0.1) is 0 Å². The lowest BCUT2D eigenvalue weighted by atomic mass is 10.1. The van der Waals surface area contributed by atoms with Crippen molar-refractivity contribution in [2.24, 2.45) is 0 Å². The number of rotatable bonds is 2. The van der Waals surface area contributed by atoms with Gasteiger partial charge in [0.15, 0.2) is 0 Å². The highest BCUT2D eigenvalue weighted by molar-refractivity contribution is 5.78. The Morgan fingerprint density at radius 2 is 2.12 bits per heavy atom. The smallest absolute Gasteiger partial charge is 0.225 e. The van der Waals surface area contributed by atoms with Crippen LogP contribution in [-0.2, 0) is 11.2 Å². The standard InChI is InChI=1S/C12H16N2O2/c1-2-9-3-5-10(6-4-9)14-8-7-11(15)13-12(14)16/h3-6,12,16H,2,7-8H2,1H3,(H,13,15). The van der Waals surface area contributed by atoms with E-state index in [-0.39, 0.29) is 5.91 Å². The Bertz CT molecular complexity index is 375. The van der Waals surface area contributed by atoms with Crippen LogP contribution in [0.15, 0.2) is 24.3 Å². The summed E-state index contributed by atoms with van der Waals surface area (Å²) in [5, 5.41) is 12.2. The maximum absolute atomic E-state index is 11.1. The second kappa shape index (κ2) is 4.53. The van der Waals surface area contributed by atoms with Crippen molar-refractivity contribution in [3.63, 3.8) is 0 Å². The van der Waals surface area contributed by atoms with Crippen LogP contribution in [0.3, 0.4) is 0 Å². The summed E-state index contributed by atoms with van der Waals surface area (Å²) in [6.45, 7) is 2.66. The molecule has 86 valence electrons. The van der Waals surface area contributed by atoms with Crippen LogP contribution in [0, 0.1) is 0 Å². The zero-order valence-corrected chi connectivity index (χ0v) is 9.31. The largest absolute Gasteiger partial charge is 0.356 e. The van der Waals surface area contributed by atoms with Gasteiger partial charge in [0, 0.05) is 18.7 Å². The number of aliphatic hydroxyl groups is 1. The molecular formula is C12H16N2O2. The Kier molecular flexibility index (Phi) is 3.10. The van der Waals surface area contributed by atoms with Gasteiger partial charge < -0.3 is 15.3 Å². The van der Waals surface area contributed by atoms with E-state index in [4.69, 9.17) is 0 Å². The maximum Gasteiger partial charge on any atom is 0.225 e. The molecule has 1 heterocycles. The van der Waals surface area contributed by atoms with Gasteiger partial charge in [-0.05, 0) is 24.1 Å². The van der Waals surface area contributed by atoms with Gasteiger partial charge in [-0.2, -0.15) is 0 Å². The Balaban J connectivity index is 2.14. The molecule has 1 fully saturated rings. The van der Waals surface area contributed by atoms with E-state index in [9.17, 15) is 9.90 Å². The third kappa shape index (κ3) is 2.17. The van der Waals surface area contributed by atoms with E-state index in [2.05, 4.69) is 12.2 Å². The van der Waals surface area contributed by atoms with Crippen molar-refractivity contribution in [2.75, 3.05) is 11.4 Å². The molecule has 1 saturated heterocycles. The molecule has 1 amide bonds. The van der Waals surface area contributed by atoms with Crippen molar-refractivity contribution in [2.45, 2.75) is 26.1 Å². The minimum atomic E-state index is -0.909. The number of nitrogens with one attached hydrogen (secondary N) is 1. The molecule has 0 saturated carbocycles. The number of anilines is 1. The van der Waals surface area contributed by atoms with Gasteiger partial charge >= 0.3 is 0 Å². The molecule has 4 heteroatoms. The van der Waals surface area contributed by atoms with E-state index in [0.29, 0.717) is 13.0 Å². The first-order valence-corrected chi connectivity index (χ1v) is 5.53. The number of aliphatic hydroxyl groups excluding tert-OH is 1. The number of carbonyl (C=O) groups excluding carboxylic acids is 1. The molecule has 0 spiro atoms. The zero-order chi connectivity index (χ0) is 11.5. The van der Waals surface area contributed by atoms with E-state index >= 15 is 0 Å². The third-order valence-electron chi connectivity index (χ3n) is 2.84. The average molecular weight is 220 g/mol. The number of benzene rings is 1. The Hall–Kier alpha value is -1.55. The summed E-state index contributed by atoms with van der Waals surface area (Å²) in [7, 11) is 0. The van der Waals surface area contributed by atoms with Gasteiger partial charge in [-0.15, -0.1) is 0 Å². The predicted octanol–water partition coefficient (Wildman–Crippen LogP) is 0.851. The molecule has 2 N–H and O–H groups in total. The van der Waals surface area contributed by atoms with Crippen molar-refractivity contribution in [1.29, 1.82) is 0 Å². The second-order valence-corrected chi connectivity index (χ2v) is 3.90. The first-order chi connectivity index (χ1) is 7.70. The predicted molar refractivity (Wildman–Crippen MR) is 61.9 cm³/mol. The fraction of sp³-hybridized carbons (Fsp3) is 0.417.